The zero-order valence-electron chi connectivity index (χ0n) is 21.8. The van der Waals surface area contributed by atoms with E-state index in [0.29, 0.717) is 18.1 Å². The lowest BCUT2D eigenvalue weighted by Gasteiger charge is -2.33. The van der Waals surface area contributed by atoms with Crippen molar-refractivity contribution in [3.05, 3.63) is 51.6 Å². The number of quaternary nitrogens is 1. The molecule has 182 valence electrons. The molecule has 0 amide bonds. The molecule has 2 aromatic rings. The first-order valence-electron chi connectivity index (χ1n) is 12.5. The van der Waals surface area contributed by atoms with Gasteiger partial charge in [-0.2, -0.15) is 0 Å². The summed E-state index contributed by atoms with van der Waals surface area (Å²) in [4.78, 5) is 15.2. The van der Waals surface area contributed by atoms with Gasteiger partial charge < -0.3 is 19.1 Å². The lowest BCUT2D eigenvalue weighted by Crippen LogP contribution is -3.10. The third kappa shape index (κ3) is 3.19. The number of Topliss-reactive ketones (excluding diaryl/α,β-unsaturated/α-hetero) is 1. The van der Waals surface area contributed by atoms with Crippen molar-refractivity contribution in [1.82, 2.24) is 0 Å². The van der Waals surface area contributed by atoms with Crippen LogP contribution in [0.25, 0.3) is 0 Å². The van der Waals surface area contributed by atoms with Gasteiger partial charge in [-0.05, 0) is 58.1 Å². The molecule has 2 heterocycles. The first-order valence-corrected chi connectivity index (χ1v) is 12.5. The van der Waals surface area contributed by atoms with Gasteiger partial charge in [0.15, 0.2) is 17.3 Å². The average molecular weight is 465 g/mol. The van der Waals surface area contributed by atoms with Crippen molar-refractivity contribution in [1.29, 1.82) is 0 Å². The summed E-state index contributed by atoms with van der Waals surface area (Å²) in [6, 6.07) is 6.57. The molecular formula is C29H38NO4+. The molecule has 0 bridgehead atoms. The van der Waals surface area contributed by atoms with E-state index in [9.17, 15) is 4.79 Å². The minimum atomic E-state index is 0.0109. The van der Waals surface area contributed by atoms with Crippen LogP contribution in [-0.2, 0) is 17.3 Å². The highest BCUT2D eigenvalue weighted by molar-refractivity contribution is 5.98. The fourth-order valence-corrected chi connectivity index (χ4v) is 6.64. The second-order valence-corrected chi connectivity index (χ2v) is 11.6. The minimum absolute atomic E-state index is 0.0109. The van der Waals surface area contributed by atoms with Crippen molar-refractivity contribution in [2.45, 2.75) is 71.3 Å². The number of ether oxygens (including phenoxy) is 3. The highest BCUT2D eigenvalue weighted by Crippen LogP contribution is 2.54. The molecule has 3 aliphatic rings. The van der Waals surface area contributed by atoms with Gasteiger partial charge >= 0.3 is 0 Å². The number of nitrogens with one attached hydrogen (secondary N) is 1. The summed E-state index contributed by atoms with van der Waals surface area (Å²) in [7, 11) is 3.85. The Hall–Kier alpha value is -2.53. The normalized spacial score (nSPS) is 25.6. The third-order valence-electron chi connectivity index (χ3n) is 9.29. The molecule has 5 heteroatoms. The first-order chi connectivity index (χ1) is 16.0. The van der Waals surface area contributed by atoms with Gasteiger partial charge in [-0.3, -0.25) is 4.79 Å². The maximum atomic E-state index is 13.9. The number of hydrogen-bond donors (Lipinski definition) is 1. The Balaban J connectivity index is 1.54. The topological polar surface area (TPSA) is 49.2 Å². The van der Waals surface area contributed by atoms with Crippen LogP contribution in [0.1, 0.15) is 85.3 Å². The summed E-state index contributed by atoms with van der Waals surface area (Å²) in [6.45, 7) is 14.9. The van der Waals surface area contributed by atoms with E-state index in [-0.39, 0.29) is 29.4 Å². The predicted octanol–water partition coefficient (Wildman–Crippen LogP) is 4.32. The van der Waals surface area contributed by atoms with E-state index in [1.54, 1.807) is 7.11 Å². The van der Waals surface area contributed by atoms with Gasteiger partial charge in [-0.1, -0.05) is 40.7 Å². The van der Waals surface area contributed by atoms with E-state index in [1.165, 1.54) is 21.6 Å². The van der Waals surface area contributed by atoms with E-state index in [2.05, 4.69) is 66.8 Å². The molecule has 5 nitrogen and oxygen atoms in total. The number of fused-ring (bicyclic) bond motifs is 3. The number of carbonyl (C=O) groups is 1. The summed E-state index contributed by atoms with van der Waals surface area (Å²) in [5.74, 6) is 2.83. The SMILES string of the molecule is COc1c2c(cc3c1[C@H](CC(=O)c1cc4c(cc1C)C(C)(C)[C@@H](C)C4(C)C)[NH+](C)CC3)OCO2. The monoisotopic (exact) mass is 464 g/mol. The van der Waals surface area contributed by atoms with Crippen LogP contribution >= 0.6 is 0 Å². The van der Waals surface area contributed by atoms with Gasteiger partial charge in [0.2, 0.25) is 12.5 Å². The molecule has 2 aromatic carbocycles. The number of rotatable bonds is 4. The number of aryl methyl sites for hydroxylation is 1. The number of benzene rings is 2. The van der Waals surface area contributed by atoms with Crippen LogP contribution < -0.4 is 19.1 Å². The summed E-state index contributed by atoms with van der Waals surface area (Å²) >= 11 is 0. The van der Waals surface area contributed by atoms with Gasteiger partial charge in [-0.25, -0.2) is 0 Å². The van der Waals surface area contributed by atoms with Crippen molar-refractivity contribution in [2.75, 3.05) is 27.5 Å². The average Bonchev–Trinajstić information content (AvgIpc) is 3.30. The molecule has 3 atom stereocenters. The van der Waals surface area contributed by atoms with Crippen LogP contribution in [0.4, 0.5) is 0 Å². The van der Waals surface area contributed by atoms with Crippen molar-refractivity contribution < 1.29 is 23.9 Å². The molecule has 1 aliphatic carbocycles. The number of carbonyl (C=O) groups excluding carboxylic acids is 1. The van der Waals surface area contributed by atoms with Crippen LogP contribution in [0.15, 0.2) is 18.2 Å². The van der Waals surface area contributed by atoms with E-state index >= 15 is 0 Å². The molecule has 0 saturated carbocycles. The second-order valence-electron chi connectivity index (χ2n) is 11.6. The highest BCUT2D eigenvalue weighted by Gasteiger charge is 2.49. The van der Waals surface area contributed by atoms with Crippen LogP contribution in [0.5, 0.6) is 17.2 Å². The molecule has 34 heavy (non-hydrogen) atoms. The van der Waals surface area contributed by atoms with Crippen LogP contribution in [0, 0.1) is 12.8 Å². The van der Waals surface area contributed by atoms with Crippen molar-refractivity contribution >= 4 is 5.78 Å². The van der Waals surface area contributed by atoms with Crippen LogP contribution in [-0.4, -0.2) is 33.3 Å². The second kappa shape index (κ2) is 7.74. The lowest BCUT2D eigenvalue weighted by atomic mass is 9.71. The first kappa shape index (κ1) is 23.2. The van der Waals surface area contributed by atoms with E-state index in [0.717, 1.165) is 41.2 Å². The molecule has 0 saturated heterocycles. The molecule has 5 rings (SSSR count). The Morgan fingerprint density at radius 2 is 1.79 bits per heavy atom. The van der Waals surface area contributed by atoms with Gasteiger partial charge in [0.05, 0.1) is 32.7 Å². The molecule has 0 radical (unpaired) electrons. The van der Waals surface area contributed by atoms with Crippen molar-refractivity contribution in [3.63, 3.8) is 0 Å². The van der Waals surface area contributed by atoms with Gasteiger partial charge in [-0.15, -0.1) is 0 Å². The minimum Gasteiger partial charge on any atom is -0.492 e. The molecule has 1 unspecified atom stereocenters. The number of ketones is 1. The summed E-state index contributed by atoms with van der Waals surface area (Å²) in [5.41, 5.74) is 7.06. The van der Waals surface area contributed by atoms with Gasteiger partial charge in [0.25, 0.3) is 0 Å². The molecular weight excluding hydrogens is 426 g/mol. The van der Waals surface area contributed by atoms with E-state index in [4.69, 9.17) is 14.2 Å². The molecule has 0 spiro atoms. The fraction of sp³-hybridized carbons (Fsp3) is 0.552. The fourth-order valence-electron chi connectivity index (χ4n) is 6.64. The van der Waals surface area contributed by atoms with Crippen LogP contribution in [0.2, 0.25) is 0 Å². The Morgan fingerprint density at radius 3 is 2.47 bits per heavy atom. The molecule has 0 aromatic heterocycles. The van der Waals surface area contributed by atoms with Gasteiger partial charge in [0.1, 0.15) is 6.04 Å². The molecule has 1 N–H and O–H groups in total. The molecule has 0 fully saturated rings. The standard InChI is InChI=1S/C29H37NO4/c1-16-11-20-21(29(5,6)17(2)28(20,3)4)13-19(16)23(31)14-22-25-18(9-10-30(22)7)12-24-26(27(25)32-8)34-15-33-24/h11-13,17,22H,9-10,14-15H2,1-8H3/p+1/t17-,22+/m1/s1. The number of hydrogen-bond acceptors (Lipinski definition) is 4. The Labute approximate surface area is 203 Å². The Kier molecular flexibility index (Phi) is 5.29. The smallest absolute Gasteiger partial charge is 0.231 e. The van der Waals surface area contributed by atoms with E-state index < -0.39 is 0 Å². The maximum absolute atomic E-state index is 13.9. The van der Waals surface area contributed by atoms with Crippen molar-refractivity contribution in [3.8, 4) is 17.2 Å². The highest BCUT2D eigenvalue weighted by atomic mass is 16.7. The Morgan fingerprint density at radius 1 is 1.12 bits per heavy atom. The summed E-state index contributed by atoms with van der Waals surface area (Å²) in [6.07, 6.45) is 1.37. The van der Waals surface area contributed by atoms with E-state index in [1.807, 2.05) is 0 Å². The van der Waals surface area contributed by atoms with Crippen molar-refractivity contribution in [2.24, 2.45) is 5.92 Å². The maximum Gasteiger partial charge on any atom is 0.231 e. The quantitative estimate of drug-likeness (QED) is 0.685. The molecule has 2 aliphatic heterocycles. The van der Waals surface area contributed by atoms with Gasteiger partial charge in [0, 0.05) is 12.0 Å². The third-order valence-corrected chi connectivity index (χ3v) is 9.29. The number of methoxy groups -OCH3 is 1. The predicted molar refractivity (Wildman–Crippen MR) is 133 cm³/mol. The summed E-state index contributed by atoms with van der Waals surface area (Å²) < 4.78 is 17.2. The largest absolute Gasteiger partial charge is 0.492 e. The zero-order chi connectivity index (χ0) is 24.6. The Bertz CT molecular complexity index is 1180. The van der Waals surface area contributed by atoms with Crippen LogP contribution in [0.3, 0.4) is 0 Å². The number of likely N-dealkylation sites (N-methyl/N-ethyl adjacent to an activating group) is 1. The summed E-state index contributed by atoms with van der Waals surface area (Å²) in [5, 5.41) is 0. The lowest BCUT2D eigenvalue weighted by molar-refractivity contribution is -0.913. The zero-order valence-corrected chi connectivity index (χ0v) is 21.8.